The second kappa shape index (κ2) is 12.8. The first-order chi connectivity index (χ1) is 15.3. The smallest absolute Gasteiger partial charge is 0.340 e. The minimum atomic E-state index is -0.529. The van der Waals surface area contributed by atoms with Gasteiger partial charge in [0.05, 0.1) is 35.7 Å². The lowest BCUT2D eigenvalue weighted by Crippen LogP contribution is -2.25. The molecule has 1 N–H and O–H groups in total. The lowest BCUT2D eigenvalue weighted by molar-refractivity contribution is 0.0525. The van der Waals surface area contributed by atoms with Gasteiger partial charge in [-0.3, -0.25) is 4.98 Å². The fourth-order valence-corrected chi connectivity index (χ4v) is 4.27. The molecule has 8 heteroatoms. The van der Waals surface area contributed by atoms with Gasteiger partial charge in [-0.15, -0.1) is 0 Å². The lowest BCUT2D eigenvalue weighted by atomic mass is 9.92. The molecule has 2 rings (SSSR count). The van der Waals surface area contributed by atoms with Crippen LogP contribution in [0.15, 0.2) is 24.3 Å². The number of aromatic nitrogens is 1. The van der Waals surface area contributed by atoms with Gasteiger partial charge in [-0.25, -0.2) is 9.59 Å². The van der Waals surface area contributed by atoms with Gasteiger partial charge in [-0.1, -0.05) is 37.6 Å². The summed E-state index contributed by atoms with van der Waals surface area (Å²) < 4.78 is 10.7. The molecule has 32 heavy (non-hydrogen) atoms. The molecule has 0 saturated heterocycles. The number of benzene rings is 1. The summed E-state index contributed by atoms with van der Waals surface area (Å²) >= 11 is 7.91. The number of thioether (sulfide) groups is 1. The molecular formula is C24H31ClN2O4S. The molecule has 2 aromatic rings. The van der Waals surface area contributed by atoms with Crippen molar-refractivity contribution in [3.8, 4) is 11.1 Å². The molecule has 0 aliphatic heterocycles. The standard InChI is InChI=1S/C24H31ClN2O4S/c1-6-30-23(28)20-16(5)27-19(14-32-12-11-26-15(3)4)22(24(29)31-7-2)21(20)17-9-8-10-18(25)13-17/h8-10,13,15,26H,6-7,11-12,14H2,1-5H3. The SMILES string of the molecule is CCOC(=O)c1c(C)nc(CSCCNC(C)C)c(C(=O)OCC)c1-c1cccc(Cl)c1. The van der Waals surface area contributed by atoms with E-state index in [1.165, 1.54) is 0 Å². The van der Waals surface area contributed by atoms with Crippen LogP contribution >= 0.6 is 23.4 Å². The highest BCUT2D eigenvalue weighted by molar-refractivity contribution is 7.98. The maximum Gasteiger partial charge on any atom is 0.340 e. The van der Waals surface area contributed by atoms with Crippen LogP contribution in [0.2, 0.25) is 5.02 Å². The molecule has 0 bridgehead atoms. The predicted molar refractivity (Wildman–Crippen MR) is 131 cm³/mol. The summed E-state index contributed by atoms with van der Waals surface area (Å²) in [5.41, 5.74) is 2.72. The molecule has 0 saturated carbocycles. The van der Waals surface area contributed by atoms with Crippen LogP contribution in [0.1, 0.15) is 59.8 Å². The van der Waals surface area contributed by atoms with Gasteiger partial charge >= 0.3 is 11.9 Å². The zero-order valence-corrected chi connectivity index (χ0v) is 20.9. The van der Waals surface area contributed by atoms with E-state index in [1.807, 2.05) is 6.07 Å². The monoisotopic (exact) mass is 478 g/mol. The number of esters is 2. The average molecular weight is 479 g/mol. The normalized spacial score (nSPS) is 11.0. The minimum Gasteiger partial charge on any atom is -0.462 e. The van der Waals surface area contributed by atoms with E-state index in [1.54, 1.807) is 50.7 Å². The molecule has 0 atom stereocenters. The molecule has 1 heterocycles. The second-order valence-electron chi connectivity index (χ2n) is 7.38. The van der Waals surface area contributed by atoms with Crippen LogP contribution in [0, 0.1) is 6.92 Å². The van der Waals surface area contributed by atoms with Crippen LogP contribution < -0.4 is 5.32 Å². The molecule has 0 unspecified atom stereocenters. The highest BCUT2D eigenvalue weighted by atomic mass is 35.5. The highest BCUT2D eigenvalue weighted by Crippen LogP contribution is 2.35. The number of carbonyl (C=O) groups is 2. The Labute approximate surface area is 199 Å². The van der Waals surface area contributed by atoms with E-state index in [0.717, 1.165) is 12.3 Å². The summed E-state index contributed by atoms with van der Waals surface area (Å²) in [5, 5.41) is 3.87. The largest absolute Gasteiger partial charge is 0.462 e. The number of nitrogens with zero attached hydrogens (tertiary/aromatic N) is 1. The number of carbonyl (C=O) groups excluding carboxylic acids is 2. The maximum atomic E-state index is 13.1. The molecule has 0 aliphatic carbocycles. The number of hydrogen-bond donors (Lipinski definition) is 1. The van der Waals surface area contributed by atoms with Crippen molar-refractivity contribution >= 4 is 35.3 Å². The number of aryl methyl sites for hydroxylation is 1. The van der Waals surface area contributed by atoms with Gasteiger partial charge in [0.15, 0.2) is 0 Å². The molecule has 1 aromatic carbocycles. The number of pyridine rings is 1. The van der Waals surface area contributed by atoms with E-state index >= 15 is 0 Å². The lowest BCUT2D eigenvalue weighted by Gasteiger charge is -2.19. The Morgan fingerprint density at radius 3 is 2.38 bits per heavy atom. The van der Waals surface area contributed by atoms with Gasteiger partial charge < -0.3 is 14.8 Å². The molecule has 6 nitrogen and oxygen atoms in total. The third kappa shape index (κ3) is 6.95. The Balaban J connectivity index is 2.63. The van der Waals surface area contributed by atoms with Crippen LogP contribution in [0.3, 0.4) is 0 Å². The number of rotatable bonds is 11. The Morgan fingerprint density at radius 1 is 1.12 bits per heavy atom. The van der Waals surface area contributed by atoms with Gasteiger partial charge in [0, 0.05) is 34.7 Å². The summed E-state index contributed by atoms with van der Waals surface area (Å²) in [7, 11) is 0. The molecule has 0 radical (unpaired) electrons. The van der Waals surface area contributed by atoms with Crippen molar-refractivity contribution in [3.05, 3.63) is 51.8 Å². The van der Waals surface area contributed by atoms with Crippen LogP contribution in [0.25, 0.3) is 11.1 Å². The molecule has 1 aromatic heterocycles. The first-order valence-electron chi connectivity index (χ1n) is 10.7. The first-order valence-corrected chi connectivity index (χ1v) is 12.3. The second-order valence-corrected chi connectivity index (χ2v) is 8.92. The zero-order valence-electron chi connectivity index (χ0n) is 19.3. The van der Waals surface area contributed by atoms with E-state index in [2.05, 4.69) is 24.1 Å². The number of hydrogen-bond acceptors (Lipinski definition) is 7. The van der Waals surface area contributed by atoms with Crippen molar-refractivity contribution in [2.45, 2.75) is 46.4 Å². The summed E-state index contributed by atoms with van der Waals surface area (Å²) in [6.07, 6.45) is 0. The van der Waals surface area contributed by atoms with Crippen LogP contribution in [0.5, 0.6) is 0 Å². The summed E-state index contributed by atoms with van der Waals surface area (Å²) in [6, 6.07) is 7.47. The number of halogens is 1. The van der Waals surface area contributed by atoms with E-state index < -0.39 is 11.9 Å². The van der Waals surface area contributed by atoms with Crippen LogP contribution in [-0.4, -0.2) is 48.5 Å². The van der Waals surface area contributed by atoms with Crippen molar-refractivity contribution in [1.82, 2.24) is 10.3 Å². The fourth-order valence-electron chi connectivity index (χ4n) is 3.27. The predicted octanol–water partition coefficient (Wildman–Crippen LogP) is 5.30. The third-order valence-corrected chi connectivity index (χ3v) is 5.77. The van der Waals surface area contributed by atoms with E-state index in [-0.39, 0.29) is 24.3 Å². The number of ether oxygens (including phenoxy) is 2. The topological polar surface area (TPSA) is 77.5 Å². The molecular weight excluding hydrogens is 448 g/mol. The van der Waals surface area contributed by atoms with Crippen LogP contribution in [0.4, 0.5) is 0 Å². The summed E-state index contributed by atoms with van der Waals surface area (Å²) in [4.78, 5) is 30.6. The van der Waals surface area contributed by atoms with Crippen LogP contribution in [-0.2, 0) is 15.2 Å². The molecule has 0 amide bonds. The fraction of sp³-hybridized carbons (Fsp3) is 0.458. The van der Waals surface area contributed by atoms with Crippen molar-refractivity contribution < 1.29 is 19.1 Å². The van der Waals surface area contributed by atoms with E-state index in [4.69, 9.17) is 21.1 Å². The Kier molecular flexibility index (Phi) is 10.5. The Morgan fingerprint density at radius 2 is 1.78 bits per heavy atom. The van der Waals surface area contributed by atoms with Gasteiger partial charge in [0.2, 0.25) is 0 Å². The minimum absolute atomic E-state index is 0.210. The molecule has 174 valence electrons. The molecule has 0 spiro atoms. The Bertz CT molecular complexity index is 950. The van der Waals surface area contributed by atoms with Gasteiger partial charge in [0.25, 0.3) is 0 Å². The average Bonchev–Trinajstić information content (AvgIpc) is 2.73. The summed E-state index contributed by atoms with van der Waals surface area (Å²) in [6.45, 7) is 10.7. The van der Waals surface area contributed by atoms with Gasteiger partial charge in [-0.05, 0) is 38.5 Å². The summed E-state index contributed by atoms with van der Waals surface area (Å²) in [5.74, 6) is 0.313. The van der Waals surface area contributed by atoms with Crippen molar-refractivity contribution in [2.75, 3.05) is 25.5 Å². The highest BCUT2D eigenvalue weighted by Gasteiger charge is 2.29. The van der Waals surface area contributed by atoms with Crippen molar-refractivity contribution in [2.24, 2.45) is 0 Å². The van der Waals surface area contributed by atoms with Gasteiger partial charge in [0.1, 0.15) is 0 Å². The van der Waals surface area contributed by atoms with Crippen molar-refractivity contribution in [3.63, 3.8) is 0 Å². The van der Waals surface area contributed by atoms with E-state index in [9.17, 15) is 9.59 Å². The Hall–Kier alpha value is -2.09. The third-order valence-electron chi connectivity index (χ3n) is 4.56. The first kappa shape index (κ1) is 26.2. The maximum absolute atomic E-state index is 13.1. The molecule has 0 aliphatic rings. The van der Waals surface area contributed by atoms with E-state index in [0.29, 0.717) is 39.3 Å². The van der Waals surface area contributed by atoms with Gasteiger partial charge in [-0.2, -0.15) is 11.8 Å². The quantitative estimate of drug-likeness (QED) is 0.347. The van der Waals surface area contributed by atoms with Crippen molar-refractivity contribution in [1.29, 1.82) is 0 Å². The number of nitrogens with one attached hydrogen (secondary N) is 1. The molecule has 0 fully saturated rings. The zero-order chi connectivity index (χ0) is 23.7.